The molecule has 1 saturated carbocycles. The number of benzene rings is 1. The number of halogens is 6. The van der Waals surface area contributed by atoms with Crippen molar-refractivity contribution in [3.05, 3.63) is 29.8 Å². The summed E-state index contributed by atoms with van der Waals surface area (Å²) in [6.45, 7) is 1.78. The molecule has 0 saturated heterocycles. The first kappa shape index (κ1) is 22.3. The van der Waals surface area contributed by atoms with Gasteiger partial charge in [-0.15, -0.1) is 0 Å². The molecule has 4 nitrogen and oxygen atoms in total. The van der Waals surface area contributed by atoms with E-state index in [1.54, 1.807) is 6.92 Å². The Balaban J connectivity index is 2.34. The normalized spacial score (nSPS) is 17.9. The number of alkyl halides is 6. The van der Waals surface area contributed by atoms with Crippen LogP contribution in [0.25, 0.3) is 0 Å². The molecular formula is C18H21F6NO3. The van der Waals surface area contributed by atoms with Gasteiger partial charge >= 0.3 is 18.3 Å². The maximum atomic E-state index is 13.0. The fourth-order valence-corrected chi connectivity index (χ4v) is 3.36. The number of hydrogen-bond donors (Lipinski definition) is 2. The lowest BCUT2D eigenvalue weighted by molar-refractivity contribution is -0.376. The van der Waals surface area contributed by atoms with Crippen LogP contribution in [-0.2, 0) is 15.1 Å². The van der Waals surface area contributed by atoms with Gasteiger partial charge in [0.25, 0.3) is 5.60 Å². The minimum atomic E-state index is -5.95. The molecule has 0 atom stereocenters. The van der Waals surface area contributed by atoms with Crippen molar-refractivity contribution in [2.45, 2.75) is 62.5 Å². The third-order valence-electron chi connectivity index (χ3n) is 4.88. The van der Waals surface area contributed by atoms with Gasteiger partial charge in [-0.3, -0.25) is 0 Å². The van der Waals surface area contributed by atoms with Gasteiger partial charge in [0.1, 0.15) is 5.54 Å². The monoisotopic (exact) mass is 413 g/mol. The van der Waals surface area contributed by atoms with Crippen LogP contribution in [0.15, 0.2) is 24.3 Å². The van der Waals surface area contributed by atoms with Gasteiger partial charge in [-0.2, -0.15) is 26.3 Å². The number of carbonyl (C=O) groups is 1. The lowest BCUT2D eigenvalue weighted by Crippen LogP contribution is -2.54. The first-order valence-corrected chi connectivity index (χ1v) is 8.79. The standard InChI is InChI=1S/C18H21F6NO3/c1-2-28-14(26)15(10-4-3-5-11-15)25-13-8-6-12(7-9-13)16(27,17(19,20)21)18(22,23)24/h6-9,25,27H,2-5,10-11H2,1H3. The van der Waals surface area contributed by atoms with Crippen LogP contribution < -0.4 is 5.32 Å². The number of rotatable bonds is 5. The Labute approximate surface area is 157 Å². The molecule has 0 aromatic heterocycles. The Hall–Kier alpha value is -1.97. The highest BCUT2D eigenvalue weighted by atomic mass is 19.4. The smallest absolute Gasteiger partial charge is 0.430 e. The van der Waals surface area contributed by atoms with Crippen molar-refractivity contribution in [3.63, 3.8) is 0 Å². The summed E-state index contributed by atoms with van der Waals surface area (Å²) in [5, 5.41) is 12.3. The molecule has 1 fully saturated rings. The van der Waals surface area contributed by atoms with E-state index in [-0.39, 0.29) is 12.3 Å². The van der Waals surface area contributed by atoms with E-state index < -0.39 is 35.0 Å². The summed E-state index contributed by atoms with van der Waals surface area (Å²) in [4.78, 5) is 12.4. The molecule has 0 amide bonds. The highest BCUT2D eigenvalue weighted by molar-refractivity contribution is 5.84. The van der Waals surface area contributed by atoms with Crippen molar-refractivity contribution >= 4 is 11.7 Å². The Morgan fingerprint density at radius 3 is 1.96 bits per heavy atom. The molecule has 0 spiro atoms. The van der Waals surface area contributed by atoms with Gasteiger partial charge in [0.05, 0.1) is 6.61 Å². The van der Waals surface area contributed by atoms with Crippen molar-refractivity contribution in [3.8, 4) is 0 Å². The van der Waals surface area contributed by atoms with Crippen LogP contribution in [0.3, 0.4) is 0 Å². The average Bonchev–Trinajstić information content (AvgIpc) is 2.61. The van der Waals surface area contributed by atoms with Crippen LogP contribution in [0.5, 0.6) is 0 Å². The first-order chi connectivity index (χ1) is 12.9. The second kappa shape index (κ2) is 7.81. The van der Waals surface area contributed by atoms with Gasteiger partial charge < -0.3 is 15.2 Å². The molecular weight excluding hydrogens is 392 g/mol. The molecule has 2 rings (SSSR count). The van der Waals surface area contributed by atoms with Crippen LogP contribution in [0, 0.1) is 0 Å². The third-order valence-corrected chi connectivity index (χ3v) is 4.88. The van der Waals surface area contributed by atoms with Crippen LogP contribution in [-0.4, -0.2) is 35.6 Å². The number of aliphatic hydroxyl groups is 1. The van der Waals surface area contributed by atoms with Crippen molar-refractivity contribution < 1.29 is 41.0 Å². The topological polar surface area (TPSA) is 58.6 Å². The van der Waals surface area contributed by atoms with E-state index in [4.69, 9.17) is 4.74 Å². The number of nitrogens with one attached hydrogen (secondary N) is 1. The van der Waals surface area contributed by atoms with Crippen molar-refractivity contribution in [2.24, 2.45) is 0 Å². The molecule has 10 heteroatoms. The van der Waals surface area contributed by atoms with Crippen molar-refractivity contribution in [1.82, 2.24) is 0 Å². The van der Waals surface area contributed by atoms with Gasteiger partial charge in [0, 0.05) is 11.3 Å². The fourth-order valence-electron chi connectivity index (χ4n) is 3.36. The molecule has 0 heterocycles. The highest BCUT2D eigenvalue weighted by Gasteiger charge is 2.71. The minimum absolute atomic E-state index is 0.144. The second-order valence-corrected chi connectivity index (χ2v) is 6.77. The van der Waals surface area contributed by atoms with Crippen LogP contribution >= 0.6 is 0 Å². The predicted molar refractivity (Wildman–Crippen MR) is 88.5 cm³/mol. The quantitative estimate of drug-likeness (QED) is 0.544. The van der Waals surface area contributed by atoms with E-state index in [1.165, 1.54) is 0 Å². The summed E-state index contributed by atoms with van der Waals surface area (Å²) in [7, 11) is 0. The third kappa shape index (κ3) is 4.06. The van der Waals surface area contributed by atoms with Gasteiger partial charge in [-0.05, 0) is 31.9 Å². The number of esters is 1. The van der Waals surface area contributed by atoms with Crippen molar-refractivity contribution in [2.75, 3.05) is 11.9 Å². The van der Waals surface area contributed by atoms with Gasteiger partial charge in [-0.25, -0.2) is 4.79 Å². The molecule has 0 radical (unpaired) electrons. The summed E-state index contributed by atoms with van der Waals surface area (Å²) in [5.41, 5.74) is -7.26. The van der Waals surface area contributed by atoms with Crippen molar-refractivity contribution in [1.29, 1.82) is 0 Å². The first-order valence-electron chi connectivity index (χ1n) is 8.79. The molecule has 1 aliphatic carbocycles. The summed E-state index contributed by atoms with van der Waals surface area (Å²) >= 11 is 0. The molecule has 1 aliphatic rings. The second-order valence-electron chi connectivity index (χ2n) is 6.77. The molecule has 0 unspecified atom stereocenters. The SMILES string of the molecule is CCOC(=O)C1(Nc2ccc(C(O)(C(F)(F)F)C(F)(F)F)cc2)CCCCC1. The summed E-state index contributed by atoms with van der Waals surface area (Å²) in [5.74, 6) is -0.513. The van der Waals surface area contributed by atoms with E-state index in [1.807, 2.05) is 0 Å². The van der Waals surface area contributed by atoms with Crippen LogP contribution in [0.4, 0.5) is 32.0 Å². The molecule has 0 aliphatic heterocycles. The number of carbonyl (C=O) groups excluding carboxylic acids is 1. The number of anilines is 1. The fraction of sp³-hybridized carbons (Fsp3) is 0.611. The van der Waals surface area contributed by atoms with Crippen LogP contribution in [0.2, 0.25) is 0 Å². The molecule has 0 bridgehead atoms. The van der Waals surface area contributed by atoms with Gasteiger partial charge in [0.2, 0.25) is 0 Å². The van der Waals surface area contributed by atoms with Crippen LogP contribution in [0.1, 0.15) is 44.6 Å². The zero-order chi connectivity index (χ0) is 21.2. The van der Waals surface area contributed by atoms with Gasteiger partial charge in [-0.1, -0.05) is 31.4 Å². The van der Waals surface area contributed by atoms with E-state index in [0.717, 1.165) is 31.4 Å². The lowest BCUT2D eigenvalue weighted by Gasteiger charge is -2.37. The Morgan fingerprint density at radius 2 is 1.54 bits per heavy atom. The highest BCUT2D eigenvalue weighted by Crippen LogP contribution is 2.50. The zero-order valence-electron chi connectivity index (χ0n) is 15.1. The number of ether oxygens (including phenoxy) is 1. The number of hydrogen-bond acceptors (Lipinski definition) is 4. The molecule has 28 heavy (non-hydrogen) atoms. The van der Waals surface area contributed by atoms with Gasteiger partial charge in [0.15, 0.2) is 0 Å². The van der Waals surface area contributed by atoms with E-state index in [2.05, 4.69) is 5.32 Å². The Bertz CT molecular complexity index is 664. The van der Waals surface area contributed by atoms with E-state index in [9.17, 15) is 36.2 Å². The summed E-state index contributed by atoms with van der Waals surface area (Å²) in [6, 6.07) is 3.05. The summed E-state index contributed by atoms with van der Waals surface area (Å²) in [6.07, 6.45) is -8.67. The van der Waals surface area contributed by atoms with E-state index in [0.29, 0.717) is 25.0 Å². The lowest BCUT2D eigenvalue weighted by atomic mass is 9.81. The predicted octanol–water partition coefficient (Wildman–Crippen LogP) is 4.68. The Kier molecular flexibility index (Phi) is 6.22. The maximum absolute atomic E-state index is 13.0. The van der Waals surface area contributed by atoms with E-state index >= 15 is 0 Å². The molecule has 158 valence electrons. The summed E-state index contributed by atoms with van der Waals surface area (Å²) < 4.78 is 82.9. The largest absolute Gasteiger partial charge is 0.464 e. The molecule has 1 aromatic carbocycles. The molecule has 1 aromatic rings. The zero-order valence-corrected chi connectivity index (χ0v) is 15.1. The maximum Gasteiger partial charge on any atom is 0.430 e. The minimum Gasteiger partial charge on any atom is -0.464 e. The Morgan fingerprint density at radius 1 is 1.04 bits per heavy atom. The average molecular weight is 413 g/mol. The molecule has 2 N–H and O–H groups in total.